The van der Waals surface area contributed by atoms with Crippen molar-refractivity contribution in [2.45, 2.75) is 25.4 Å². The number of rotatable bonds is 3. The monoisotopic (exact) mass is 289 g/mol. The summed E-state index contributed by atoms with van der Waals surface area (Å²) in [4.78, 5) is 0. The van der Waals surface area contributed by atoms with Crippen LogP contribution < -0.4 is 10.1 Å². The van der Waals surface area contributed by atoms with E-state index < -0.39 is 17.5 Å². The molecule has 0 amide bonds. The van der Waals surface area contributed by atoms with Gasteiger partial charge in [0.1, 0.15) is 5.56 Å². The summed E-state index contributed by atoms with van der Waals surface area (Å²) in [5.41, 5.74) is -0.490. The lowest BCUT2D eigenvalue weighted by molar-refractivity contribution is -0.138. The molecule has 1 fully saturated rings. The average molecular weight is 289 g/mol. The van der Waals surface area contributed by atoms with Gasteiger partial charge in [-0.3, -0.25) is 0 Å². The van der Waals surface area contributed by atoms with Gasteiger partial charge in [0, 0.05) is 0 Å². The Balaban J connectivity index is 2.28. The molecule has 112 valence electrons. The maximum atomic E-state index is 12.9. The molecule has 0 aromatic heterocycles. The average Bonchev–Trinajstić information content (AvgIpc) is 2.40. The molecule has 0 bridgehead atoms. The van der Waals surface area contributed by atoms with Gasteiger partial charge in [-0.2, -0.15) is 13.2 Å². The quantitative estimate of drug-likeness (QED) is 0.899. The third kappa shape index (κ3) is 3.36. The Kier molecular flexibility index (Phi) is 4.42. The molecule has 1 aromatic carbocycles. The normalized spacial score (nSPS) is 19.9. The van der Waals surface area contributed by atoms with Crippen molar-refractivity contribution < 1.29 is 23.0 Å². The first kappa shape index (κ1) is 15.0. The van der Waals surface area contributed by atoms with E-state index in [1.165, 1.54) is 13.2 Å². The van der Waals surface area contributed by atoms with Crippen LogP contribution in [0, 0.1) is 5.92 Å². The van der Waals surface area contributed by atoms with Crippen molar-refractivity contribution in [2.24, 2.45) is 5.92 Å². The highest BCUT2D eigenvalue weighted by atomic mass is 19.4. The zero-order valence-electron chi connectivity index (χ0n) is 11.3. The Labute approximate surface area is 115 Å². The fraction of sp³-hybridized carbons (Fsp3) is 0.571. The Morgan fingerprint density at radius 2 is 2.15 bits per heavy atom. The molecular formula is C14H18F3NO2. The summed E-state index contributed by atoms with van der Waals surface area (Å²) in [6, 6.07) is 2.51. The van der Waals surface area contributed by atoms with Crippen molar-refractivity contribution in [3.63, 3.8) is 0 Å². The van der Waals surface area contributed by atoms with Crippen LogP contribution >= 0.6 is 0 Å². The number of nitrogens with one attached hydrogen (secondary N) is 1. The summed E-state index contributed by atoms with van der Waals surface area (Å²) in [6.07, 6.45) is -2.01. The SMILES string of the molecule is COc1cc(CC2CCCNC2)cc(C(F)(F)F)c1O. The van der Waals surface area contributed by atoms with E-state index in [1.807, 2.05) is 0 Å². The van der Waals surface area contributed by atoms with E-state index in [4.69, 9.17) is 4.74 Å². The number of piperidine rings is 1. The van der Waals surface area contributed by atoms with E-state index in [2.05, 4.69) is 5.32 Å². The minimum absolute atomic E-state index is 0.126. The second-order valence-corrected chi connectivity index (χ2v) is 5.11. The van der Waals surface area contributed by atoms with Crippen molar-refractivity contribution in [2.75, 3.05) is 20.2 Å². The van der Waals surface area contributed by atoms with Gasteiger partial charge in [0.2, 0.25) is 0 Å². The van der Waals surface area contributed by atoms with Crippen LogP contribution in [0.4, 0.5) is 13.2 Å². The summed E-state index contributed by atoms with van der Waals surface area (Å²) >= 11 is 0. The Hall–Kier alpha value is -1.43. The molecule has 1 saturated heterocycles. The smallest absolute Gasteiger partial charge is 0.420 e. The topological polar surface area (TPSA) is 41.5 Å². The van der Waals surface area contributed by atoms with Gasteiger partial charge in [0.25, 0.3) is 0 Å². The van der Waals surface area contributed by atoms with E-state index in [1.54, 1.807) is 0 Å². The summed E-state index contributed by atoms with van der Waals surface area (Å²) in [6.45, 7) is 1.77. The number of phenols is 1. The van der Waals surface area contributed by atoms with Gasteiger partial charge >= 0.3 is 6.18 Å². The van der Waals surface area contributed by atoms with Crippen LogP contribution in [-0.4, -0.2) is 25.3 Å². The largest absolute Gasteiger partial charge is 0.504 e. The molecule has 0 aliphatic carbocycles. The van der Waals surface area contributed by atoms with Crippen LogP contribution in [0.25, 0.3) is 0 Å². The molecule has 20 heavy (non-hydrogen) atoms. The molecule has 0 spiro atoms. The predicted molar refractivity (Wildman–Crippen MR) is 69.0 cm³/mol. The number of benzene rings is 1. The Bertz CT molecular complexity index is 468. The Morgan fingerprint density at radius 1 is 1.40 bits per heavy atom. The predicted octanol–water partition coefficient (Wildman–Crippen LogP) is 2.96. The molecule has 1 aromatic rings. The Morgan fingerprint density at radius 3 is 2.70 bits per heavy atom. The maximum Gasteiger partial charge on any atom is 0.420 e. The minimum atomic E-state index is -4.59. The zero-order chi connectivity index (χ0) is 14.8. The molecule has 1 aliphatic rings. The molecule has 3 nitrogen and oxygen atoms in total. The molecule has 1 unspecified atom stereocenters. The number of hydrogen-bond acceptors (Lipinski definition) is 3. The summed E-state index contributed by atoms with van der Waals surface area (Å²) in [7, 11) is 1.25. The van der Waals surface area contributed by atoms with Crippen LogP contribution in [0.15, 0.2) is 12.1 Å². The van der Waals surface area contributed by atoms with Gasteiger partial charge < -0.3 is 15.2 Å². The van der Waals surface area contributed by atoms with Crippen LogP contribution in [0.3, 0.4) is 0 Å². The number of methoxy groups -OCH3 is 1. The van der Waals surface area contributed by atoms with Gasteiger partial charge in [-0.15, -0.1) is 0 Å². The highest BCUT2D eigenvalue weighted by molar-refractivity contribution is 5.49. The first-order valence-electron chi connectivity index (χ1n) is 6.59. The van der Waals surface area contributed by atoms with E-state index in [0.29, 0.717) is 17.9 Å². The lowest BCUT2D eigenvalue weighted by Crippen LogP contribution is -2.30. The number of alkyl halides is 3. The molecule has 1 aliphatic heterocycles. The highest BCUT2D eigenvalue weighted by Crippen LogP contribution is 2.42. The second kappa shape index (κ2) is 5.91. The standard InChI is InChI=1S/C14H18F3NO2/c1-20-12-7-10(5-9-3-2-4-18-8-9)6-11(13(12)19)14(15,16)17/h6-7,9,18-19H,2-5,8H2,1H3. The maximum absolute atomic E-state index is 12.9. The summed E-state index contributed by atoms with van der Waals surface area (Å²) in [5.74, 6) is -0.650. The molecule has 0 saturated carbocycles. The molecule has 2 N–H and O–H groups in total. The lowest BCUT2D eigenvalue weighted by atomic mass is 9.91. The lowest BCUT2D eigenvalue weighted by Gasteiger charge is -2.23. The number of halogens is 3. The van der Waals surface area contributed by atoms with Crippen LogP contribution in [0.5, 0.6) is 11.5 Å². The van der Waals surface area contributed by atoms with E-state index >= 15 is 0 Å². The molecule has 1 heterocycles. The zero-order valence-corrected chi connectivity index (χ0v) is 11.3. The first-order chi connectivity index (χ1) is 9.41. The summed E-state index contributed by atoms with van der Waals surface area (Å²) in [5, 5.41) is 12.8. The fourth-order valence-electron chi connectivity index (χ4n) is 2.59. The van der Waals surface area contributed by atoms with Crippen LogP contribution in [0.1, 0.15) is 24.0 Å². The number of hydrogen-bond donors (Lipinski definition) is 2. The third-order valence-corrected chi connectivity index (χ3v) is 3.58. The van der Waals surface area contributed by atoms with E-state index in [9.17, 15) is 18.3 Å². The highest BCUT2D eigenvalue weighted by Gasteiger charge is 2.36. The van der Waals surface area contributed by atoms with Crippen molar-refractivity contribution in [3.05, 3.63) is 23.3 Å². The van der Waals surface area contributed by atoms with E-state index in [0.717, 1.165) is 32.0 Å². The minimum Gasteiger partial charge on any atom is -0.504 e. The van der Waals surface area contributed by atoms with Gasteiger partial charge in [0.05, 0.1) is 7.11 Å². The van der Waals surface area contributed by atoms with Gasteiger partial charge in [0.15, 0.2) is 11.5 Å². The summed E-state index contributed by atoms with van der Waals surface area (Å²) < 4.78 is 43.5. The van der Waals surface area contributed by atoms with Gasteiger partial charge in [-0.05, 0) is 56.0 Å². The van der Waals surface area contributed by atoms with Crippen molar-refractivity contribution >= 4 is 0 Å². The van der Waals surface area contributed by atoms with Gasteiger partial charge in [-0.1, -0.05) is 0 Å². The van der Waals surface area contributed by atoms with Crippen LogP contribution in [-0.2, 0) is 12.6 Å². The first-order valence-corrected chi connectivity index (χ1v) is 6.59. The van der Waals surface area contributed by atoms with Crippen molar-refractivity contribution in [3.8, 4) is 11.5 Å². The molecule has 0 radical (unpaired) electrons. The van der Waals surface area contributed by atoms with Crippen LogP contribution in [0.2, 0.25) is 0 Å². The number of aromatic hydroxyl groups is 1. The van der Waals surface area contributed by atoms with Crippen molar-refractivity contribution in [1.82, 2.24) is 5.32 Å². The van der Waals surface area contributed by atoms with E-state index in [-0.39, 0.29) is 5.75 Å². The third-order valence-electron chi connectivity index (χ3n) is 3.58. The fourth-order valence-corrected chi connectivity index (χ4v) is 2.59. The van der Waals surface area contributed by atoms with Crippen molar-refractivity contribution in [1.29, 1.82) is 0 Å². The van der Waals surface area contributed by atoms with Gasteiger partial charge in [-0.25, -0.2) is 0 Å². The molecule has 6 heteroatoms. The molecule has 2 rings (SSSR count). The number of ether oxygens (including phenoxy) is 1. The second-order valence-electron chi connectivity index (χ2n) is 5.11. The number of phenolic OH excluding ortho intramolecular Hbond substituents is 1. The molecule has 1 atom stereocenters. The molecular weight excluding hydrogens is 271 g/mol.